The number of rotatable bonds is 3. The quantitative estimate of drug-likeness (QED) is 0.404. The van der Waals surface area contributed by atoms with Crippen LogP contribution in [0.25, 0.3) is 0 Å². The molecule has 0 aliphatic heterocycles. The van der Waals surface area contributed by atoms with E-state index in [0.717, 1.165) is 50.0 Å². The Morgan fingerprint density at radius 2 is 1.62 bits per heavy atom. The Kier molecular flexibility index (Phi) is 6.52. The Hall–Kier alpha value is -1.62. The molecule has 140 valence electrons. The number of hydrogen-bond donors (Lipinski definition) is 0. The predicted octanol–water partition coefficient (Wildman–Crippen LogP) is 6.99. The van der Waals surface area contributed by atoms with Gasteiger partial charge in [0.2, 0.25) is 0 Å². The average molecular weight is 357 g/mol. The second-order valence-corrected chi connectivity index (χ2v) is 8.10. The number of benzene rings is 1. The lowest BCUT2D eigenvalue weighted by Crippen LogP contribution is -2.13. The second-order valence-electron chi connectivity index (χ2n) is 8.10. The van der Waals surface area contributed by atoms with E-state index in [2.05, 4.69) is 25.3 Å². The van der Waals surface area contributed by atoms with E-state index in [9.17, 15) is 8.78 Å². The average Bonchev–Trinajstić information content (AvgIpc) is 2.67. The molecule has 0 atom stereocenters. The van der Waals surface area contributed by atoms with Gasteiger partial charge in [-0.05, 0) is 86.8 Å². The summed E-state index contributed by atoms with van der Waals surface area (Å²) in [5.41, 5.74) is 0.739. The van der Waals surface area contributed by atoms with Crippen molar-refractivity contribution in [2.45, 2.75) is 70.6 Å². The molecule has 1 aromatic carbocycles. The van der Waals surface area contributed by atoms with Crippen molar-refractivity contribution in [3.05, 3.63) is 47.5 Å². The van der Waals surface area contributed by atoms with Crippen LogP contribution in [0.3, 0.4) is 0 Å². The third-order valence-electron chi connectivity index (χ3n) is 6.47. The SMILES string of the molecule is C=C[C@H]1CC[C@H](c2cc(F)c(C#CC3CCC(CC)CC3)c(F)c2)CC1. The molecule has 2 fully saturated rings. The summed E-state index contributed by atoms with van der Waals surface area (Å²) in [7, 11) is 0. The third kappa shape index (κ3) is 4.56. The van der Waals surface area contributed by atoms with Crippen molar-refractivity contribution in [2.75, 3.05) is 0 Å². The lowest BCUT2D eigenvalue weighted by Gasteiger charge is -2.27. The van der Waals surface area contributed by atoms with Crippen molar-refractivity contribution in [3.8, 4) is 11.8 Å². The fourth-order valence-corrected chi connectivity index (χ4v) is 4.53. The smallest absolute Gasteiger partial charge is 0.142 e. The van der Waals surface area contributed by atoms with Gasteiger partial charge in [0.25, 0.3) is 0 Å². The van der Waals surface area contributed by atoms with Crippen molar-refractivity contribution in [3.63, 3.8) is 0 Å². The molecule has 0 heterocycles. The van der Waals surface area contributed by atoms with E-state index in [-0.39, 0.29) is 17.4 Å². The van der Waals surface area contributed by atoms with Gasteiger partial charge in [-0.25, -0.2) is 8.78 Å². The van der Waals surface area contributed by atoms with Crippen LogP contribution in [0.5, 0.6) is 0 Å². The number of hydrogen-bond acceptors (Lipinski definition) is 0. The van der Waals surface area contributed by atoms with Crippen LogP contribution in [0.2, 0.25) is 0 Å². The van der Waals surface area contributed by atoms with Crippen LogP contribution in [0.1, 0.15) is 81.8 Å². The van der Waals surface area contributed by atoms with Crippen LogP contribution in [-0.4, -0.2) is 0 Å². The highest BCUT2D eigenvalue weighted by atomic mass is 19.1. The molecule has 0 amide bonds. The van der Waals surface area contributed by atoms with E-state index < -0.39 is 11.6 Å². The number of halogens is 2. The Balaban J connectivity index is 1.69. The summed E-state index contributed by atoms with van der Waals surface area (Å²) < 4.78 is 29.0. The zero-order valence-corrected chi connectivity index (χ0v) is 15.9. The van der Waals surface area contributed by atoms with Crippen LogP contribution < -0.4 is 0 Å². The first-order chi connectivity index (χ1) is 12.6. The summed E-state index contributed by atoms with van der Waals surface area (Å²) in [6.45, 7) is 6.08. The Labute approximate surface area is 157 Å². The monoisotopic (exact) mass is 356 g/mol. The first-order valence-electron chi connectivity index (χ1n) is 10.2. The molecule has 3 rings (SSSR count). The van der Waals surface area contributed by atoms with E-state index >= 15 is 0 Å². The topological polar surface area (TPSA) is 0 Å². The Morgan fingerprint density at radius 3 is 2.15 bits per heavy atom. The Morgan fingerprint density at radius 1 is 1.00 bits per heavy atom. The molecule has 0 radical (unpaired) electrons. The van der Waals surface area contributed by atoms with E-state index in [1.165, 1.54) is 31.4 Å². The van der Waals surface area contributed by atoms with Crippen molar-refractivity contribution >= 4 is 0 Å². The maximum atomic E-state index is 14.5. The lowest BCUT2D eigenvalue weighted by molar-refractivity contribution is 0.309. The summed E-state index contributed by atoms with van der Waals surface area (Å²) in [5, 5.41) is 0. The molecule has 0 N–H and O–H groups in total. The van der Waals surface area contributed by atoms with Crippen LogP contribution in [-0.2, 0) is 0 Å². The van der Waals surface area contributed by atoms with Gasteiger partial charge in [-0.15, -0.1) is 6.58 Å². The highest BCUT2D eigenvalue weighted by Gasteiger charge is 2.23. The van der Waals surface area contributed by atoms with Crippen LogP contribution in [0, 0.1) is 41.2 Å². The van der Waals surface area contributed by atoms with Gasteiger partial charge in [-0.2, -0.15) is 0 Å². The normalized spacial score (nSPS) is 28.9. The molecule has 26 heavy (non-hydrogen) atoms. The fraction of sp³-hybridized carbons (Fsp3) is 0.583. The third-order valence-corrected chi connectivity index (χ3v) is 6.47. The molecule has 0 aromatic heterocycles. The molecule has 2 aliphatic carbocycles. The molecule has 1 aromatic rings. The van der Waals surface area contributed by atoms with Gasteiger partial charge in [0.15, 0.2) is 0 Å². The Bertz CT molecular complexity index is 655. The van der Waals surface area contributed by atoms with Crippen molar-refractivity contribution in [1.29, 1.82) is 0 Å². The molecule has 2 saturated carbocycles. The van der Waals surface area contributed by atoms with Crippen LogP contribution in [0.15, 0.2) is 24.8 Å². The fourth-order valence-electron chi connectivity index (χ4n) is 4.53. The second kappa shape index (κ2) is 8.85. The van der Waals surface area contributed by atoms with Crippen LogP contribution in [0.4, 0.5) is 8.78 Å². The minimum absolute atomic E-state index is 0.0499. The van der Waals surface area contributed by atoms with Gasteiger partial charge >= 0.3 is 0 Å². The van der Waals surface area contributed by atoms with Gasteiger partial charge in [0.1, 0.15) is 11.6 Å². The maximum absolute atomic E-state index is 14.5. The first kappa shape index (κ1) is 19.2. The van der Waals surface area contributed by atoms with E-state index in [1.807, 2.05) is 6.08 Å². The number of allylic oxidation sites excluding steroid dienone is 1. The van der Waals surface area contributed by atoms with Crippen molar-refractivity contribution in [2.24, 2.45) is 17.8 Å². The lowest BCUT2D eigenvalue weighted by atomic mass is 9.78. The molecule has 2 aliphatic rings. The molecule has 0 saturated heterocycles. The molecule has 2 heteroatoms. The highest BCUT2D eigenvalue weighted by Crippen LogP contribution is 2.37. The maximum Gasteiger partial charge on any atom is 0.142 e. The molecule has 0 unspecified atom stereocenters. The molecule has 0 nitrogen and oxygen atoms in total. The zero-order chi connectivity index (χ0) is 18.5. The van der Waals surface area contributed by atoms with Gasteiger partial charge in [-0.1, -0.05) is 31.3 Å². The summed E-state index contributed by atoms with van der Waals surface area (Å²) in [6.07, 6.45) is 11.8. The highest BCUT2D eigenvalue weighted by molar-refractivity contribution is 5.40. The molecule has 0 bridgehead atoms. The van der Waals surface area contributed by atoms with Gasteiger partial charge in [-0.3, -0.25) is 0 Å². The van der Waals surface area contributed by atoms with Crippen molar-refractivity contribution in [1.82, 2.24) is 0 Å². The minimum Gasteiger partial charge on any atom is -0.206 e. The summed E-state index contributed by atoms with van der Waals surface area (Å²) in [5.74, 6) is 6.84. The van der Waals surface area contributed by atoms with E-state index in [4.69, 9.17) is 0 Å². The van der Waals surface area contributed by atoms with Gasteiger partial charge in [0.05, 0.1) is 5.56 Å². The zero-order valence-electron chi connectivity index (χ0n) is 15.9. The molecule has 0 spiro atoms. The summed E-state index contributed by atoms with van der Waals surface area (Å²) in [6, 6.07) is 3.03. The van der Waals surface area contributed by atoms with E-state index in [0.29, 0.717) is 5.92 Å². The van der Waals surface area contributed by atoms with Crippen LogP contribution >= 0.6 is 0 Å². The largest absolute Gasteiger partial charge is 0.206 e. The van der Waals surface area contributed by atoms with Crippen molar-refractivity contribution < 1.29 is 8.78 Å². The molecular formula is C24H30F2. The minimum atomic E-state index is -0.499. The summed E-state index contributed by atoms with van der Waals surface area (Å²) in [4.78, 5) is 0. The molecular weight excluding hydrogens is 326 g/mol. The van der Waals surface area contributed by atoms with E-state index in [1.54, 1.807) is 0 Å². The summed E-state index contributed by atoms with van der Waals surface area (Å²) >= 11 is 0. The standard InChI is InChI=1S/C24H30F2/c1-3-17-5-7-19(8-6-17)11-14-22-23(25)15-21(16-24(22)26)20-12-9-18(4-2)10-13-20/h4,15-20H,2-3,5-10,12-13H2,1H3/t17?,18-,19?,20-. The first-order valence-corrected chi connectivity index (χ1v) is 10.2. The van der Waals surface area contributed by atoms with Gasteiger partial charge in [0, 0.05) is 5.92 Å². The predicted molar refractivity (Wildman–Crippen MR) is 104 cm³/mol. The van der Waals surface area contributed by atoms with Gasteiger partial charge < -0.3 is 0 Å².